The maximum atomic E-state index is 6.13. The molecule has 4 aromatic carbocycles. The molecule has 296 valence electrons. The molecule has 4 nitrogen and oxygen atoms in total. The molecule has 0 aromatic heterocycles. The number of hydrogen-bond donors (Lipinski definition) is 0. The second-order valence-corrected chi connectivity index (χ2v) is 23.6. The Labute approximate surface area is 348 Å². The summed E-state index contributed by atoms with van der Waals surface area (Å²) >= 11 is -0.106. The summed E-state index contributed by atoms with van der Waals surface area (Å²) in [6.45, 7) is 10.5. The van der Waals surface area contributed by atoms with Crippen molar-refractivity contribution in [2.24, 2.45) is 33.7 Å². The summed E-state index contributed by atoms with van der Waals surface area (Å²) in [5.74, 6) is 4.21. The maximum absolute atomic E-state index is 6.13. The fraction of sp³-hybridized carbons (Fsp3) is 0.435. The van der Waals surface area contributed by atoms with Crippen LogP contribution in [-0.4, -0.2) is 48.4 Å². The van der Waals surface area contributed by atoms with Crippen LogP contribution in [-0.2, 0) is 25.4 Å². The molecule has 2 heterocycles. The second kappa shape index (κ2) is 21.6. The third kappa shape index (κ3) is 11.1. The summed E-state index contributed by atoms with van der Waals surface area (Å²) in [6, 6.07) is 45.3. The van der Waals surface area contributed by atoms with Crippen LogP contribution >= 0.6 is 34.9 Å². The Hall–Kier alpha value is -2.08. The molecule has 2 fully saturated rings. The van der Waals surface area contributed by atoms with Gasteiger partial charge in [-0.3, -0.25) is 0 Å². The molecule has 0 spiro atoms. The number of ether oxygens (including phenoxy) is 2. The van der Waals surface area contributed by atoms with Gasteiger partial charge in [-0.1, -0.05) is 100 Å². The van der Waals surface area contributed by atoms with E-state index in [4.69, 9.17) is 38.5 Å². The van der Waals surface area contributed by atoms with E-state index < -0.39 is 15.8 Å². The zero-order chi connectivity index (χ0) is 38.6. The van der Waals surface area contributed by atoms with Crippen molar-refractivity contribution >= 4 is 67.9 Å². The molecular weight excluding hydrogens is 852 g/mol. The van der Waals surface area contributed by atoms with Gasteiger partial charge in [0.1, 0.15) is 13.2 Å². The minimum absolute atomic E-state index is 0.106. The number of hydrogen-bond acceptors (Lipinski definition) is 4. The van der Waals surface area contributed by atoms with E-state index in [0.717, 1.165) is 25.0 Å². The molecule has 6 atom stereocenters. The zero-order valence-corrected chi connectivity index (χ0v) is 37.7. The van der Waals surface area contributed by atoms with Gasteiger partial charge in [-0.15, -0.1) is 0 Å². The molecule has 0 amide bonds. The van der Waals surface area contributed by atoms with E-state index in [1.807, 2.05) is 0 Å². The van der Waals surface area contributed by atoms with Crippen LogP contribution in [0, 0.1) is 23.7 Å². The van der Waals surface area contributed by atoms with E-state index in [1.165, 1.54) is 59.7 Å². The van der Waals surface area contributed by atoms with Crippen LogP contribution < -0.4 is 21.2 Å². The molecule has 9 heteroatoms. The molecular formula is C46H58Cl2N2O2P2Pd+2. The molecule has 2 aliphatic heterocycles. The zero-order valence-electron chi connectivity index (χ0n) is 32.6. The van der Waals surface area contributed by atoms with E-state index in [1.54, 1.807) is 0 Å². The second-order valence-electron chi connectivity index (χ2n) is 15.8. The standard InChI is InChI=1S/2C23H28NOP.2ClH.Pd/c2*1-17(2)21-16-25-23(24-21)20-14-9-15-22(20)26(18-10-5-3-6-11-18)19-12-7-4-8-13-19;;;/h2*3-8,10-13,17,20-22H,9,14-16H2,1-2H3;2*1H;/q;;;;+2/t2*20?,21-,22?;;;/m11.../s1. The van der Waals surface area contributed by atoms with Gasteiger partial charge >= 0.3 is 35.0 Å². The molecule has 55 heavy (non-hydrogen) atoms. The molecule has 4 aromatic rings. The van der Waals surface area contributed by atoms with Crippen LogP contribution in [0.3, 0.4) is 0 Å². The van der Waals surface area contributed by atoms with Crippen molar-refractivity contribution in [3.63, 3.8) is 0 Å². The number of aliphatic imine (C=N–C) groups is 2. The van der Waals surface area contributed by atoms with Gasteiger partial charge < -0.3 is 9.47 Å². The molecule has 0 bridgehead atoms. The van der Waals surface area contributed by atoms with Gasteiger partial charge in [-0.2, -0.15) is 0 Å². The van der Waals surface area contributed by atoms with Crippen LogP contribution in [0.2, 0.25) is 0 Å². The van der Waals surface area contributed by atoms with Crippen LogP contribution in [0.4, 0.5) is 0 Å². The Kier molecular flexibility index (Phi) is 16.7. The first-order valence-corrected chi connectivity index (χ1v) is 27.2. The molecule has 0 radical (unpaired) electrons. The first-order valence-electron chi connectivity index (χ1n) is 20.1. The summed E-state index contributed by atoms with van der Waals surface area (Å²) in [5, 5.41) is 6.05. The summed E-state index contributed by atoms with van der Waals surface area (Å²) in [6.07, 6.45) is 7.61. The van der Waals surface area contributed by atoms with Gasteiger partial charge in [0.05, 0.1) is 72.3 Å². The van der Waals surface area contributed by atoms with Crippen LogP contribution in [0.15, 0.2) is 131 Å². The Balaban J connectivity index is 0.000000175. The van der Waals surface area contributed by atoms with Crippen molar-refractivity contribution in [2.45, 2.75) is 89.6 Å². The molecule has 2 saturated carbocycles. The predicted octanol–water partition coefficient (Wildman–Crippen LogP) is 10.3. The van der Waals surface area contributed by atoms with Gasteiger partial charge in [0.2, 0.25) is 0 Å². The summed E-state index contributed by atoms with van der Waals surface area (Å²) in [5.41, 5.74) is 1.32. The first kappa shape index (κ1) is 42.5. The van der Waals surface area contributed by atoms with Crippen molar-refractivity contribution in [3.8, 4) is 0 Å². The van der Waals surface area contributed by atoms with Gasteiger partial charge in [0.15, 0.2) is 11.8 Å². The minimum atomic E-state index is -0.860. The number of benzene rings is 4. The topological polar surface area (TPSA) is 43.2 Å². The Morgan fingerprint density at radius 3 is 1.05 bits per heavy atom. The van der Waals surface area contributed by atoms with Gasteiger partial charge in [-0.05, 0) is 98.9 Å². The molecule has 4 aliphatic rings. The fourth-order valence-corrected chi connectivity index (χ4v) is 15.8. The number of halogens is 2. The fourth-order valence-electron chi connectivity index (χ4n) is 8.77. The van der Waals surface area contributed by atoms with E-state index in [-0.39, 0.29) is 15.9 Å². The first-order chi connectivity index (χ1) is 26.9. The molecule has 0 N–H and O–H groups in total. The SMILES string of the molecule is CC(C)[C@H]1COC(C2CCCC2[PH+](c2ccccc2)c2ccccc2)=N1.CC(C)[C@H]1COC(C2CCCC2[PH+](c2ccccc2)c2ccccc2)=N1.[Cl][Pd][Cl]. The molecule has 2 aliphatic carbocycles. The third-order valence-corrected chi connectivity index (χ3v) is 18.4. The number of nitrogens with zero attached hydrogens (tertiary/aromatic N) is 2. The normalized spacial score (nSPS) is 24.5. The quantitative estimate of drug-likeness (QED) is 0.118. The van der Waals surface area contributed by atoms with Gasteiger partial charge in [0, 0.05) is 0 Å². The molecule has 0 saturated heterocycles. The van der Waals surface area contributed by atoms with Crippen molar-refractivity contribution in [3.05, 3.63) is 121 Å². The predicted molar refractivity (Wildman–Crippen MR) is 239 cm³/mol. The summed E-state index contributed by atoms with van der Waals surface area (Å²) < 4.78 is 12.3. The van der Waals surface area contributed by atoms with Crippen molar-refractivity contribution in [1.29, 1.82) is 0 Å². The monoisotopic (exact) mass is 908 g/mol. The Morgan fingerprint density at radius 2 is 0.800 bits per heavy atom. The van der Waals surface area contributed by atoms with Gasteiger partial charge in [-0.25, -0.2) is 9.98 Å². The van der Waals surface area contributed by atoms with Crippen LogP contribution in [0.5, 0.6) is 0 Å². The molecule has 4 unspecified atom stereocenters. The van der Waals surface area contributed by atoms with Crippen molar-refractivity contribution in [1.82, 2.24) is 0 Å². The van der Waals surface area contributed by atoms with Crippen LogP contribution in [0.25, 0.3) is 0 Å². The van der Waals surface area contributed by atoms with Crippen molar-refractivity contribution < 1.29 is 25.4 Å². The van der Waals surface area contributed by atoms with Crippen molar-refractivity contribution in [2.75, 3.05) is 13.2 Å². The average Bonchev–Trinajstić information content (AvgIpc) is 4.05. The van der Waals surface area contributed by atoms with Gasteiger partial charge in [0.25, 0.3) is 0 Å². The number of rotatable bonds is 10. The van der Waals surface area contributed by atoms with E-state index >= 15 is 0 Å². The molecule has 8 rings (SSSR count). The third-order valence-electron chi connectivity index (χ3n) is 11.7. The Bertz CT molecular complexity index is 1580. The van der Waals surface area contributed by atoms with E-state index in [2.05, 4.69) is 149 Å². The average molecular weight is 910 g/mol. The summed E-state index contributed by atoms with van der Waals surface area (Å²) in [7, 11) is 7.91. The van der Waals surface area contributed by atoms with Crippen LogP contribution in [0.1, 0.15) is 66.2 Å². The van der Waals surface area contributed by atoms with E-state index in [9.17, 15) is 0 Å². The summed E-state index contributed by atoms with van der Waals surface area (Å²) in [4.78, 5) is 10.0. The van der Waals surface area contributed by atoms with E-state index in [0.29, 0.717) is 47.1 Å². The Morgan fingerprint density at radius 1 is 0.509 bits per heavy atom.